The lowest BCUT2D eigenvalue weighted by Gasteiger charge is -2.37. The van der Waals surface area contributed by atoms with Gasteiger partial charge in [0.15, 0.2) is 0 Å². The zero-order chi connectivity index (χ0) is 11.4. The Bertz CT molecular complexity index is 310. The van der Waals surface area contributed by atoms with E-state index in [2.05, 4.69) is 54.5 Å². The lowest BCUT2D eigenvalue weighted by molar-refractivity contribution is 0.159. The number of hydrogen-bond acceptors (Lipinski definition) is 2. The minimum absolute atomic E-state index is 0.607. The van der Waals surface area contributed by atoms with Gasteiger partial charge in [0.25, 0.3) is 0 Å². The molecule has 0 aliphatic carbocycles. The van der Waals surface area contributed by atoms with E-state index >= 15 is 0 Å². The van der Waals surface area contributed by atoms with E-state index in [4.69, 9.17) is 0 Å². The van der Waals surface area contributed by atoms with E-state index in [1.807, 2.05) is 0 Å². The molecular formula is C14H22N2. The highest BCUT2D eigenvalue weighted by Gasteiger charge is 2.23. The third-order valence-corrected chi connectivity index (χ3v) is 3.57. The third kappa shape index (κ3) is 2.83. The molecular weight excluding hydrogens is 196 g/mol. The topological polar surface area (TPSA) is 15.3 Å². The van der Waals surface area contributed by atoms with Crippen molar-refractivity contribution in [2.45, 2.75) is 31.8 Å². The van der Waals surface area contributed by atoms with Gasteiger partial charge >= 0.3 is 0 Å². The van der Waals surface area contributed by atoms with Crippen molar-refractivity contribution in [2.75, 3.05) is 20.1 Å². The highest BCUT2D eigenvalue weighted by atomic mass is 15.2. The summed E-state index contributed by atoms with van der Waals surface area (Å²) in [7, 11) is 2.24. The molecule has 1 aromatic rings. The largest absolute Gasteiger partial charge is 0.311 e. The van der Waals surface area contributed by atoms with Gasteiger partial charge in [-0.2, -0.15) is 0 Å². The van der Waals surface area contributed by atoms with Crippen molar-refractivity contribution in [1.29, 1.82) is 0 Å². The van der Waals surface area contributed by atoms with Gasteiger partial charge in [-0.15, -0.1) is 0 Å². The van der Waals surface area contributed by atoms with Crippen molar-refractivity contribution < 1.29 is 0 Å². The van der Waals surface area contributed by atoms with Gasteiger partial charge in [0.2, 0.25) is 0 Å². The van der Waals surface area contributed by atoms with Crippen LogP contribution < -0.4 is 5.32 Å². The summed E-state index contributed by atoms with van der Waals surface area (Å²) < 4.78 is 0. The number of hydrogen-bond donors (Lipinski definition) is 1. The molecule has 0 saturated carbocycles. The third-order valence-electron chi connectivity index (χ3n) is 3.57. The fourth-order valence-corrected chi connectivity index (χ4v) is 2.51. The number of rotatable bonds is 3. The first-order chi connectivity index (χ1) is 7.79. The molecule has 1 N–H and O–H groups in total. The van der Waals surface area contributed by atoms with Gasteiger partial charge in [-0.25, -0.2) is 0 Å². The average molecular weight is 218 g/mol. The van der Waals surface area contributed by atoms with Crippen molar-refractivity contribution in [2.24, 2.45) is 0 Å². The van der Waals surface area contributed by atoms with Crippen LogP contribution in [0.2, 0.25) is 0 Å². The lowest BCUT2D eigenvalue weighted by Crippen LogP contribution is -2.55. The minimum Gasteiger partial charge on any atom is -0.311 e. The summed E-state index contributed by atoms with van der Waals surface area (Å²) in [5, 5.41) is 3.66. The Morgan fingerprint density at radius 3 is 2.69 bits per heavy atom. The van der Waals surface area contributed by atoms with Gasteiger partial charge in [-0.1, -0.05) is 37.3 Å². The van der Waals surface area contributed by atoms with Gasteiger partial charge in [-0.3, -0.25) is 0 Å². The Balaban J connectivity index is 1.89. The van der Waals surface area contributed by atoms with Crippen LogP contribution in [-0.2, 0) is 6.42 Å². The molecule has 0 amide bonds. The fraction of sp³-hybridized carbons (Fsp3) is 0.571. The summed E-state index contributed by atoms with van der Waals surface area (Å²) in [6.07, 6.45) is 2.38. The number of nitrogens with zero attached hydrogens (tertiary/aromatic N) is 1. The molecule has 88 valence electrons. The predicted octanol–water partition coefficient (Wildman–Crippen LogP) is 1.91. The molecule has 1 aromatic carbocycles. The number of benzene rings is 1. The summed E-state index contributed by atoms with van der Waals surface area (Å²) in [6.45, 7) is 4.55. The quantitative estimate of drug-likeness (QED) is 0.834. The fourth-order valence-electron chi connectivity index (χ4n) is 2.51. The molecule has 2 rings (SSSR count). The van der Waals surface area contributed by atoms with Crippen molar-refractivity contribution in [3.8, 4) is 0 Å². The van der Waals surface area contributed by atoms with Crippen LogP contribution in [0.15, 0.2) is 30.3 Å². The molecule has 2 nitrogen and oxygen atoms in total. The highest BCUT2D eigenvalue weighted by molar-refractivity contribution is 5.16. The van der Waals surface area contributed by atoms with Crippen molar-refractivity contribution >= 4 is 0 Å². The summed E-state index contributed by atoms with van der Waals surface area (Å²) in [6, 6.07) is 12.1. The first kappa shape index (κ1) is 11.6. The van der Waals surface area contributed by atoms with E-state index in [0.717, 1.165) is 19.5 Å². The maximum absolute atomic E-state index is 3.66. The number of nitrogens with one attached hydrogen (secondary N) is 1. The molecule has 2 atom stereocenters. The van der Waals surface area contributed by atoms with Crippen molar-refractivity contribution in [3.05, 3.63) is 35.9 Å². The second kappa shape index (κ2) is 5.46. The Hall–Kier alpha value is -0.860. The standard InChI is InChI=1S/C14H22N2/c1-3-14-10-15-13(11-16(14)2)9-12-7-5-4-6-8-12/h4-8,13-15H,3,9-11H2,1-2H3. The first-order valence-corrected chi connectivity index (χ1v) is 6.27. The summed E-state index contributed by atoms with van der Waals surface area (Å²) in [4.78, 5) is 2.49. The summed E-state index contributed by atoms with van der Waals surface area (Å²) in [5.74, 6) is 0. The van der Waals surface area contributed by atoms with Crippen molar-refractivity contribution in [3.63, 3.8) is 0 Å². The summed E-state index contributed by atoms with van der Waals surface area (Å²) >= 11 is 0. The van der Waals surface area contributed by atoms with Gasteiger partial charge < -0.3 is 10.2 Å². The number of likely N-dealkylation sites (N-methyl/N-ethyl adjacent to an activating group) is 1. The normalized spacial score (nSPS) is 26.9. The van der Waals surface area contributed by atoms with E-state index in [1.54, 1.807) is 0 Å². The van der Waals surface area contributed by atoms with E-state index in [9.17, 15) is 0 Å². The van der Waals surface area contributed by atoms with Crippen LogP contribution in [0.3, 0.4) is 0 Å². The van der Waals surface area contributed by atoms with Crippen LogP contribution in [0.1, 0.15) is 18.9 Å². The maximum Gasteiger partial charge on any atom is 0.0236 e. The van der Waals surface area contributed by atoms with E-state index in [0.29, 0.717) is 12.1 Å². The van der Waals surface area contributed by atoms with Gasteiger partial charge in [0.05, 0.1) is 0 Å². The molecule has 1 fully saturated rings. The molecule has 0 aromatic heterocycles. The minimum atomic E-state index is 0.607. The van der Waals surface area contributed by atoms with E-state index in [-0.39, 0.29) is 0 Å². The molecule has 0 spiro atoms. The Kier molecular flexibility index (Phi) is 3.97. The first-order valence-electron chi connectivity index (χ1n) is 6.27. The Labute approximate surface area is 98.7 Å². The van der Waals surface area contributed by atoms with Crippen LogP contribution in [0.4, 0.5) is 0 Å². The molecule has 1 aliphatic heterocycles. The van der Waals surface area contributed by atoms with Crippen LogP contribution in [0.25, 0.3) is 0 Å². The van der Waals surface area contributed by atoms with Gasteiger partial charge in [0, 0.05) is 25.2 Å². The summed E-state index contributed by atoms with van der Waals surface area (Å²) in [5.41, 5.74) is 1.43. The molecule has 0 bridgehead atoms. The molecule has 0 radical (unpaired) electrons. The monoisotopic (exact) mass is 218 g/mol. The molecule has 16 heavy (non-hydrogen) atoms. The van der Waals surface area contributed by atoms with Crippen LogP contribution in [-0.4, -0.2) is 37.1 Å². The average Bonchev–Trinajstić information content (AvgIpc) is 2.31. The van der Waals surface area contributed by atoms with E-state index in [1.165, 1.54) is 12.0 Å². The van der Waals surface area contributed by atoms with Crippen LogP contribution >= 0.6 is 0 Å². The molecule has 2 unspecified atom stereocenters. The highest BCUT2D eigenvalue weighted by Crippen LogP contribution is 2.11. The second-order valence-electron chi connectivity index (χ2n) is 4.80. The van der Waals surface area contributed by atoms with Crippen molar-refractivity contribution in [1.82, 2.24) is 10.2 Å². The predicted molar refractivity (Wildman–Crippen MR) is 68.6 cm³/mol. The van der Waals surface area contributed by atoms with Gasteiger partial charge in [0.1, 0.15) is 0 Å². The SMILES string of the molecule is CCC1CNC(Cc2ccccc2)CN1C. The Morgan fingerprint density at radius 1 is 1.31 bits per heavy atom. The smallest absolute Gasteiger partial charge is 0.0236 e. The molecule has 1 heterocycles. The maximum atomic E-state index is 3.66. The number of piperazine rings is 1. The zero-order valence-corrected chi connectivity index (χ0v) is 10.3. The van der Waals surface area contributed by atoms with Gasteiger partial charge in [-0.05, 0) is 25.5 Å². The molecule has 2 heteroatoms. The zero-order valence-electron chi connectivity index (χ0n) is 10.3. The molecule has 1 saturated heterocycles. The van der Waals surface area contributed by atoms with Crippen LogP contribution in [0, 0.1) is 0 Å². The Morgan fingerprint density at radius 2 is 2.06 bits per heavy atom. The second-order valence-corrected chi connectivity index (χ2v) is 4.80. The van der Waals surface area contributed by atoms with E-state index < -0.39 is 0 Å². The molecule has 1 aliphatic rings. The lowest BCUT2D eigenvalue weighted by atomic mass is 10.0. The van der Waals surface area contributed by atoms with Crippen LogP contribution in [0.5, 0.6) is 0 Å².